The molecule has 156 valence electrons. The molecule has 7 heteroatoms. The highest BCUT2D eigenvalue weighted by Crippen LogP contribution is 2.27. The Labute approximate surface area is 186 Å². The summed E-state index contributed by atoms with van der Waals surface area (Å²) in [5.74, 6) is 2.02. The molecular weight excluding hydrogens is 423 g/mol. The Morgan fingerprint density at radius 1 is 0.900 bits per heavy atom. The lowest BCUT2D eigenvalue weighted by Crippen LogP contribution is -2.06. The van der Waals surface area contributed by atoms with Crippen molar-refractivity contribution < 1.29 is 14.2 Å². The van der Waals surface area contributed by atoms with Gasteiger partial charge >= 0.3 is 0 Å². The standard InChI is InChI=1S/C23H22Cl2N2O3/c1-28-22-9-7-16(11-23(22)29-2)13-26-27-14-18-12-19(24)8-10-21(18)30-15-17-5-3-4-6-20(17)25/h3-12,14,26H,13,15H2,1-2H3/b27-14-. The monoisotopic (exact) mass is 444 g/mol. The zero-order valence-corrected chi connectivity index (χ0v) is 18.2. The minimum absolute atomic E-state index is 0.348. The number of hydrazone groups is 1. The van der Waals surface area contributed by atoms with Crippen LogP contribution in [0.4, 0.5) is 0 Å². The molecule has 3 rings (SSSR count). The maximum Gasteiger partial charge on any atom is 0.161 e. The quantitative estimate of drug-likeness (QED) is 0.339. The Hall–Kier alpha value is -2.89. The fraction of sp³-hybridized carbons (Fsp3) is 0.174. The van der Waals surface area contributed by atoms with Crippen molar-refractivity contribution >= 4 is 29.4 Å². The molecule has 0 fully saturated rings. The molecule has 0 aromatic heterocycles. The minimum atomic E-state index is 0.348. The second kappa shape index (κ2) is 10.8. The third-order valence-corrected chi connectivity index (χ3v) is 4.94. The normalized spacial score (nSPS) is 10.8. The number of nitrogens with zero attached hydrogens (tertiary/aromatic N) is 1. The molecule has 0 atom stereocenters. The van der Waals surface area contributed by atoms with Crippen molar-refractivity contribution in [3.63, 3.8) is 0 Å². The van der Waals surface area contributed by atoms with Gasteiger partial charge in [0.1, 0.15) is 12.4 Å². The van der Waals surface area contributed by atoms with Gasteiger partial charge in [-0.2, -0.15) is 5.10 Å². The number of hydrogen-bond donors (Lipinski definition) is 1. The van der Waals surface area contributed by atoms with Crippen LogP contribution in [0.5, 0.6) is 17.2 Å². The Kier molecular flexibility index (Phi) is 7.82. The first-order chi connectivity index (χ1) is 14.6. The maximum atomic E-state index is 6.20. The van der Waals surface area contributed by atoms with Crippen molar-refractivity contribution in [2.75, 3.05) is 14.2 Å². The lowest BCUT2D eigenvalue weighted by Gasteiger charge is -2.11. The first kappa shape index (κ1) is 21.8. The van der Waals surface area contributed by atoms with Gasteiger partial charge in [0.25, 0.3) is 0 Å². The molecule has 0 spiro atoms. The average molecular weight is 445 g/mol. The van der Waals surface area contributed by atoms with E-state index >= 15 is 0 Å². The maximum absolute atomic E-state index is 6.20. The Bertz CT molecular complexity index is 1030. The van der Waals surface area contributed by atoms with E-state index in [9.17, 15) is 0 Å². The fourth-order valence-electron chi connectivity index (χ4n) is 2.77. The number of hydrogen-bond acceptors (Lipinski definition) is 5. The van der Waals surface area contributed by atoms with E-state index in [4.69, 9.17) is 37.4 Å². The summed E-state index contributed by atoms with van der Waals surface area (Å²) in [6, 6.07) is 18.7. The van der Waals surface area contributed by atoms with Gasteiger partial charge in [-0.05, 0) is 42.0 Å². The molecule has 0 aliphatic heterocycles. The lowest BCUT2D eigenvalue weighted by atomic mass is 10.2. The molecule has 0 radical (unpaired) electrons. The van der Waals surface area contributed by atoms with E-state index in [0.717, 1.165) is 16.7 Å². The van der Waals surface area contributed by atoms with E-state index in [1.807, 2.05) is 48.5 Å². The van der Waals surface area contributed by atoms with Crippen LogP contribution in [-0.2, 0) is 13.2 Å². The molecule has 1 N–H and O–H groups in total. The fourth-order valence-corrected chi connectivity index (χ4v) is 3.14. The summed E-state index contributed by atoms with van der Waals surface area (Å²) in [6.45, 7) is 0.869. The van der Waals surface area contributed by atoms with Gasteiger partial charge in [0.05, 0.1) is 27.0 Å². The van der Waals surface area contributed by atoms with Gasteiger partial charge in [0.15, 0.2) is 11.5 Å². The Morgan fingerprint density at radius 2 is 1.67 bits per heavy atom. The topological polar surface area (TPSA) is 52.1 Å². The molecule has 0 aliphatic rings. The highest BCUT2D eigenvalue weighted by molar-refractivity contribution is 6.31. The third-order valence-electron chi connectivity index (χ3n) is 4.34. The predicted molar refractivity (Wildman–Crippen MR) is 121 cm³/mol. The summed E-state index contributed by atoms with van der Waals surface area (Å²) < 4.78 is 16.5. The van der Waals surface area contributed by atoms with Crippen LogP contribution in [0.15, 0.2) is 65.8 Å². The number of benzene rings is 3. The van der Waals surface area contributed by atoms with Gasteiger partial charge in [0, 0.05) is 21.2 Å². The Balaban J connectivity index is 1.65. The van der Waals surface area contributed by atoms with Crippen LogP contribution in [-0.4, -0.2) is 20.4 Å². The van der Waals surface area contributed by atoms with Crippen LogP contribution in [0, 0.1) is 0 Å². The number of halogens is 2. The summed E-state index contributed by atoms with van der Waals surface area (Å²) in [5, 5.41) is 5.56. The summed E-state index contributed by atoms with van der Waals surface area (Å²) in [7, 11) is 3.22. The van der Waals surface area contributed by atoms with Gasteiger partial charge in [-0.1, -0.05) is 47.5 Å². The molecule has 0 bridgehead atoms. The van der Waals surface area contributed by atoms with Gasteiger partial charge in [-0.15, -0.1) is 0 Å². The smallest absolute Gasteiger partial charge is 0.161 e. The summed E-state index contributed by atoms with van der Waals surface area (Å²) in [6.07, 6.45) is 1.68. The summed E-state index contributed by atoms with van der Waals surface area (Å²) >= 11 is 12.3. The largest absolute Gasteiger partial charge is 0.493 e. The number of nitrogens with one attached hydrogen (secondary N) is 1. The number of ether oxygens (including phenoxy) is 3. The molecule has 0 saturated carbocycles. The van der Waals surface area contributed by atoms with Crippen LogP contribution >= 0.6 is 23.2 Å². The van der Waals surface area contributed by atoms with Gasteiger partial charge in [-0.3, -0.25) is 0 Å². The molecule has 0 unspecified atom stereocenters. The molecule has 5 nitrogen and oxygen atoms in total. The first-order valence-electron chi connectivity index (χ1n) is 9.23. The molecule has 3 aromatic carbocycles. The van der Waals surface area contributed by atoms with Crippen molar-refractivity contribution in [2.45, 2.75) is 13.2 Å². The van der Waals surface area contributed by atoms with Crippen molar-refractivity contribution in [2.24, 2.45) is 5.10 Å². The second-order valence-corrected chi connectivity index (χ2v) is 7.19. The van der Waals surface area contributed by atoms with E-state index in [0.29, 0.717) is 40.4 Å². The average Bonchev–Trinajstić information content (AvgIpc) is 2.77. The van der Waals surface area contributed by atoms with E-state index in [-0.39, 0.29) is 0 Å². The highest BCUT2D eigenvalue weighted by atomic mass is 35.5. The predicted octanol–water partition coefficient (Wildman–Crippen LogP) is 5.71. The zero-order chi connectivity index (χ0) is 21.3. The van der Waals surface area contributed by atoms with E-state index in [1.165, 1.54) is 0 Å². The summed E-state index contributed by atoms with van der Waals surface area (Å²) in [4.78, 5) is 0. The van der Waals surface area contributed by atoms with E-state index in [2.05, 4.69) is 10.5 Å². The highest BCUT2D eigenvalue weighted by Gasteiger charge is 2.06. The van der Waals surface area contributed by atoms with Crippen molar-refractivity contribution in [3.8, 4) is 17.2 Å². The van der Waals surface area contributed by atoms with Crippen molar-refractivity contribution in [1.29, 1.82) is 0 Å². The molecule has 0 saturated heterocycles. The Morgan fingerprint density at radius 3 is 2.43 bits per heavy atom. The molecule has 0 heterocycles. The molecule has 0 aliphatic carbocycles. The van der Waals surface area contributed by atoms with Crippen LogP contribution in [0.25, 0.3) is 0 Å². The molecule has 30 heavy (non-hydrogen) atoms. The van der Waals surface area contributed by atoms with E-state index in [1.54, 1.807) is 32.6 Å². The summed E-state index contributed by atoms with van der Waals surface area (Å²) in [5.41, 5.74) is 5.69. The minimum Gasteiger partial charge on any atom is -0.493 e. The number of rotatable bonds is 9. The van der Waals surface area contributed by atoms with Crippen LogP contribution < -0.4 is 19.6 Å². The van der Waals surface area contributed by atoms with Gasteiger partial charge < -0.3 is 19.6 Å². The third kappa shape index (κ3) is 5.81. The van der Waals surface area contributed by atoms with Crippen molar-refractivity contribution in [1.82, 2.24) is 5.43 Å². The van der Waals surface area contributed by atoms with Crippen molar-refractivity contribution in [3.05, 3.63) is 87.4 Å². The van der Waals surface area contributed by atoms with Gasteiger partial charge in [0.2, 0.25) is 0 Å². The van der Waals surface area contributed by atoms with E-state index < -0.39 is 0 Å². The SMILES string of the molecule is COc1ccc(CN/N=C\c2cc(Cl)ccc2OCc2ccccc2Cl)cc1OC. The van der Waals surface area contributed by atoms with Gasteiger partial charge in [-0.25, -0.2) is 0 Å². The molecule has 0 amide bonds. The lowest BCUT2D eigenvalue weighted by molar-refractivity contribution is 0.306. The number of methoxy groups -OCH3 is 2. The zero-order valence-electron chi connectivity index (χ0n) is 16.7. The van der Waals surface area contributed by atoms with Crippen LogP contribution in [0.3, 0.4) is 0 Å². The second-order valence-electron chi connectivity index (χ2n) is 6.34. The van der Waals surface area contributed by atoms with Crippen LogP contribution in [0.1, 0.15) is 16.7 Å². The molecular formula is C23H22Cl2N2O3. The van der Waals surface area contributed by atoms with Crippen LogP contribution in [0.2, 0.25) is 10.0 Å². The molecule has 3 aromatic rings. The first-order valence-corrected chi connectivity index (χ1v) is 9.99.